The van der Waals surface area contributed by atoms with Crippen LogP contribution in [-0.2, 0) is 22.4 Å². The number of nitrogens with one attached hydrogen (secondary N) is 1. The van der Waals surface area contributed by atoms with Crippen molar-refractivity contribution in [2.45, 2.75) is 31.8 Å². The van der Waals surface area contributed by atoms with Crippen LogP contribution in [0, 0.1) is 5.92 Å². The summed E-state index contributed by atoms with van der Waals surface area (Å²) in [7, 11) is 3.65. The Kier molecular flexibility index (Phi) is 5.50. The van der Waals surface area contributed by atoms with Crippen LogP contribution < -0.4 is 10.1 Å². The molecular weight excluding hydrogens is 412 g/mol. The minimum Gasteiger partial charge on any atom is -0.486 e. The Morgan fingerprint density at radius 1 is 1.26 bits per heavy atom. The summed E-state index contributed by atoms with van der Waals surface area (Å²) in [4.78, 5) is 25.5. The third-order valence-corrected chi connectivity index (χ3v) is 7.12. The van der Waals surface area contributed by atoms with Gasteiger partial charge in [0, 0.05) is 31.3 Å². The summed E-state index contributed by atoms with van der Waals surface area (Å²) in [5.41, 5.74) is 2.15. The highest BCUT2D eigenvalue weighted by atomic mass is 32.1. The van der Waals surface area contributed by atoms with E-state index in [-0.39, 0.29) is 17.9 Å². The quantitative estimate of drug-likeness (QED) is 0.653. The van der Waals surface area contributed by atoms with E-state index in [0.717, 1.165) is 59.8 Å². The van der Waals surface area contributed by atoms with Crippen molar-refractivity contribution in [3.8, 4) is 5.75 Å². The van der Waals surface area contributed by atoms with Crippen molar-refractivity contribution in [2.75, 3.05) is 32.6 Å². The predicted octanol–water partition coefficient (Wildman–Crippen LogP) is 3.80. The number of hydrogen-bond acceptors (Lipinski definition) is 7. The lowest BCUT2D eigenvalue weighted by Crippen LogP contribution is -2.32. The summed E-state index contributed by atoms with van der Waals surface area (Å²) in [5, 5.41) is 4.56. The van der Waals surface area contributed by atoms with Gasteiger partial charge in [-0.2, -0.15) is 0 Å². The number of para-hydroxylation sites is 2. The molecule has 7 nitrogen and oxygen atoms in total. The van der Waals surface area contributed by atoms with Crippen molar-refractivity contribution in [1.82, 2.24) is 14.9 Å². The Hall–Kier alpha value is -2.71. The van der Waals surface area contributed by atoms with Crippen molar-refractivity contribution in [3.63, 3.8) is 0 Å². The SMILES string of the molecule is CN(C)C(=O)C1CCc2c(sc3ncnc(Nc4ccccc4OC4CCOC4)c23)C1. The zero-order valence-electron chi connectivity index (χ0n) is 17.8. The number of rotatable bonds is 5. The molecule has 0 radical (unpaired) electrons. The molecule has 1 aliphatic heterocycles. The van der Waals surface area contributed by atoms with Gasteiger partial charge in [-0.3, -0.25) is 4.79 Å². The van der Waals surface area contributed by atoms with Crippen LogP contribution >= 0.6 is 11.3 Å². The molecule has 1 fully saturated rings. The van der Waals surface area contributed by atoms with Gasteiger partial charge >= 0.3 is 0 Å². The van der Waals surface area contributed by atoms with Crippen molar-refractivity contribution >= 4 is 39.0 Å². The molecule has 31 heavy (non-hydrogen) atoms. The molecule has 0 spiro atoms. The van der Waals surface area contributed by atoms with E-state index in [2.05, 4.69) is 15.3 Å². The highest BCUT2D eigenvalue weighted by Gasteiger charge is 2.30. The number of fused-ring (bicyclic) bond motifs is 3. The maximum atomic E-state index is 12.5. The number of hydrogen-bond donors (Lipinski definition) is 1. The second-order valence-electron chi connectivity index (χ2n) is 8.30. The molecule has 2 unspecified atom stereocenters. The fraction of sp³-hybridized carbons (Fsp3) is 0.435. The van der Waals surface area contributed by atoms with E-state index >= 15 is 0 Å². The monoisotopic (exact) mass is 438 g/mol. The van der Waals surface area contributed by atoms with E-state index in [0.29, 0.717) is 6.61 Å². The summed E-state index contributed by atoms with van der Waals surface area (Å²) in [5.74, 6) is 1.83. The number of aryl methyl sites for hydroxylation is 1. The van der Waals surface area contributed by atoms with Gasteiger partial charge in [-0.05, 0) is 37.0 Å². The number of aromatic nitrogens is 2. The topological polar surface area (TPSA) is 76.6 Å². The number of carbonyl (C=O) groups is 1. The Balaban J connectivity index is 1.45. The summed E-state index contributed by atoms with van der Waals surface area (Å²) < 4.78 is 11.6. The average Bonchev–Trinajstić information content (AvgIpc) is 3.41. The van der Waals surface area contributed by atoms with Crippen LogP contribution in [0.25, 0.3) is 10.2 Å². The highest BCUT2D eigenvalue weighted by Crippen LogP contribution is 2.41. The van der Waals surface area contributed by atoms with Crippen LogP contribution in [-0.4, -0.2) is 54.2 Å². The standard InChI is InChI=1S/C23H26N4O3S/c1-27(2)23(28)14-7-8-16-19(11-14)31-22-20(16)21(24-13-25-22)26-17-5-3-4-6-18(17)30-15-9-10-29-12-15/h3-6,13-15H,7-12H2,1-2H3,(H,24,25,26). The van der Waals surface area contributed by atoms with E-state index in [1.54, 1.807) is 22.6 Å². The van der Waals surface area contributed by atoms with Crippen LogP contribution in [0.5, 0.6) is 5.75 Å². The van der Waals surface area contributed by atoms with Crippen LogP contribution in [0.2, 0.25) is 0 Å². The number of anilines is 2. The minimum atomic E-state index is 0.0442. The zero-order chi connectivity index (χ0) is 21.4. The lowest BCUT2D eigenvalue weighted by molar-refractivity contribution is -0.133. The van der Waals surface area contributed by atoms with Crippen LogP contribution in [0.3, 0.4) is 0 Å². The maximum Gasteiger partial charge on any atom is 0.225 e. The first-order valence-electron chi connectivity index (χ1n) is 10.7. The van der Waals surface area contributed by atoms with Crippen molar-refractivity contribution in [1.29, 1.82) is 0 Å². The first kappa shape index (κ1) is 20.2. The van der Waals surface area contributed by atoms with Gasteiger partial charge in [0.2, 0.25) is 5.91 Å². The number of carbonyl (C=O) groups excluding carboxylic acids is 1. The van der Waals surface area contributed by atoms with Gasteiger partial charge in [0.15, 0.2) is 0 Å². The molecule has 0 saturated carbocycles. The fourth-order valence-corrected chi connectivity index (χ4v) is 5.63. The predicted molar refractivity (Wildman–Crippen MR) is 121 cm³/mol. The van der Waals surface area contributed by atoms with Gasteiger partial charge in [0.25, 0.3) is 0 Å². The van der Waals surface area contributed by atoms with E-state index in [9.17, 15) is 4.79 Å². The van der Waals surface area contributed by atoms with Gasteiger partial charge in [0.05, 0.1) is 24.3 Å². The van der Waals surface area contributed by atoms with Gasteiger partial charge in [-0.15, -0.1) is 11.3 Å². The lowest BCUT2D eigenvalue weighted by Gasteiger charge is -2.24. The number of nitrogens with zero attached hydrogens (tertiary/aromatic N) is 3. The molecule has 2 atom stereocenters. The molecule has 1 aliphatic carbocycles. The minimum absolute atomic E-state index is 0.0442. The molecule has 162 valence electrons. The van der Waals surface area contributed by atoms with Gasteiger partial charge < -0.3 is 19.7 Å². The molecule has 2 aromatic heterocycles. The number of benzene rings is 1. The average molecular weight is 439 g/mol. The molecule has 1 amide bonds. The van der Waals surface area contributed by atoms with Crippen molar-refractivity contribution < 1.29 is 14.3 Å². The zero-order valence-corrected chi connectivity index (χ0v) is 18.6. The first-order chi connectivity index (χ1) is 15.1. The molecule has 3 heterocycles. The number of amides is 1. The fourth-order valence-electron chi connectivity index (χ4n) is 4.37. The Morgan fingerprint density at radius 3 is 2.94 bits per heavy atom. The number of ether oxygens (including phenoxy) is 2. The van der Waals surface area contributed by atoms with Gasteiger partial charge in [-0.25, -0.2) is 9.97 Å². The largest absolute Gasteiger partial charge is 0.486 e. The van der Waals surface area contributed by atoms with Crippen LogP contribution in [0.4, 0.5) is 11.5 Å². The maximum absolute atomic E-state index is 12.5. The third-order valence-electron chi connectivity index (χ3n) is 5.96. The molecule has 1 N–H and O–H groups in total. The van der Waals surface area contributed by atoms with E-state index in [4.69, 9.17) is 9.47 Å². The van der Waals surface area contributed by atoms with E-state index in [1.807, 2.05) is 38.4 Å². The first-order valence-corrected chi connectivity index (χ1v) is 11.5. The molecule has 8 heteroatoms. The normalized spacial score (nSPS) is 20.5. The Bertz CT molecular complexity index is 1110. The Morgan fingerprint density at radius 2 is 2.13 bits per heavy atom. The molecule has 0 bridgehead atoms. The van der Waals surface area contributed by atoms with Gasteiger partial charge in [0.1, 0.15) is 28.8 Å². The molecule has 5 rings (SSSR count). The summed E-state index contributed by atoms with van der Waals surface area (Å²) in [6, 6.07) is 7.93. The van der Waals surface area contributed by atoms with E-state index < -0.39 is 0 Å². The molecular formula is C23H26N4O3S. The smallest absolute Gasteiger partial charge is 0.225 e. The molecule has 2 aliphatic rings. The van der Waals surface area contributed by atoms with Gasteiger partial charge in [-0.1, -0.05) is 12.1 Å². The van der Waals surface area contributed by atoms with Crippen LogP contribution in [0.15, 0.2) is 30.6 Å². The van der Waals surface area contributed by atoms with Crippen molar-refractivity contribution in [3.05, 3.63) is 41.0 Å². The molecule has 1 saturated heterocycles. The lowest BCUT2D eigenvalue weighted by atomic mass is 9.87. The highest BCUT2D eigenvalue weighted by molar-refractivity contribution is 7.19. The second kappa shape index (κ2) is 8.43. The summed E-state index contributed by atoms with van der Waals surface area (Å²) >= 11 is 1.68. The Labute approximate surface area is 185 Å². The third kappa shape index (κ3) is 3.97. The molecule has 1 aromatic carbocycles. The van der Waals surface area contributed by atoms with Crippen LogP contribution in [0.1, 0.15) is 23.3 Å². The second-order valence-corrected chi connectivity index (χ2v) is 9.39. The number of thiophene rings is 1. The van der Waals surface area contributed by atoms with Crippen molar-refractivity contribution in [2.24, 2.45) is 5.92 Å². The van der Waals surface area contributed by atoms with E-state index in [1.165, 1.54) is 10.4 Å². The summed E-state index contributed by atoms with van der Waals surface area (Å²) in [6.45, 7) is 1.36. The molecule has 3 aromatic rings. The summed E-state index contributed by atoms with van der Waals surface area (Å²) in [6.07, 6.45) is 5.06.